The molecule has 0 aromatic rings. The molecular weight excluding hydrogens is 171 g/mol. The summed E-state index contributed by atoms with van der Waals surface area (Å²) in [5.74, 6) is 0. The van der Waals surface area contributed by atoms with Crippen molar-refractivity contribution in [2.45, 2.75) is 0 Å². The maximum Gasteiger partial charge on any atom is 0.0909 e. The first-order chi connectivity index (χ1) is 3.71. The predicted molar refractivity (Wildman–Crippen MR) is 49.2 cm³/mol. The SMILES string of the molecule is C[N+]1(C)CCNCC1.Cl.Cl. The van der Waals surface area contributed by atoms with Gasteiger partial charge in [-0.15, -0.1) is 24.8 Å². The maximum absolute atomic E-state index is 3.32. The van der Waals surface area contributed by atoms with Crippen LogP contribution in [0.1, 0.15) is 0 Å². The van der Waals surface area contributed by atoms with Crippen LogP contribution in [0.5, 0.6) is 0 Å². The van der Waals surface area contributed by atoms with Crippen molar-refractivity contribution < 1.29 is 4.48 Å². The summed E-state index contributed by atoms with van der Waals surface area (Å²) in [6, 6.07) is 0. The molecule has 2 nitrogen and oxygen atoms in total. The highest BCUT2D eigenvalue weighted by atomic mass is 35.5. The van der Waals surface area contributed by atoms with Crippen LogP contribution in [0.25, 0.3) is 0 Å². The maximum atomic E-state index is 3.32. The molecule has 4 heteroatoms. The van der Waals surface area contributed by atoms with Crippen LogP contribution in [0.15, 0.2) is 0 Å². The van der Waals surface area contributed by atoms with Gasteiger partial charge in [0.25, 0.3) is 0 Å². The highest BCUT2D eigenvalue weighted by Gasteiger charge is 2.17. The highest BCUT2D eigenvalue weighted by molar-refractivity contribution is 5.85. The van der Waals surface area contributed by atoms with E-state index in [-0.39, 0.29) is 24.8 Å². The molecule has 0 unspecified atom stereocenters. The summed E-state index contributed by atoms with van der Waals surface area (Å²) in [5.41, 5.74) is 0. The second-order valence-corrected chi connectivity index (χ2v) is 3.13. The number of halogens is 2. The smallest absolute Gasteiger partial charge is 0.0909 e. The zero-order valence-corrected chi connectivity index (χ0v) is 8.23. The molecule has 1 aliphatic rings. The molecule has 0 atom stereocenters. The average molecular weight is 188 g/mol. The molecule has 0 radical (unpaired) electrons. The average Bonchev–Trinajstić information content (AvgIpc) is 1.65. The lowest BCUT2D eigenvalue weighted by Gasteiger charge is -2.33. The van der Waals surface area contributed by atoms with E-state index in [0.717, 1.165) is 0 Å². The van der Waals surface area contributed by atoms with E-state index in [2.05, 4.69) is 19.4 Å². The van der Waals surface area contributed by atoms with Crippen molar-refractivity contribution in [3.8, 4) is 0 Å². The number of hydrogen-bond donors (Lipinski definition) is 1. The molecule has 10 heavy (non-hydrogen) atoms. The molecule has 0 aliphatic carbocycles. The van der Waals surface area contributed by atoms with Gasteiger partial charge < -0.3 is 9.80 Å². The van der Waals surface area contributed by atoms with E-state index >= 15 is 0 Å². The van der Waals surface area contributed by atoms with E-state index in [4.69, 9.17) is 0 Å². The van der Waals surface area contributed by atoms with Crippen molar-refractivity contribution in [1.29, 1.82) is 0 Å². The monoisotopic (exact) mass is 187 g/mol. The van der Waals surface area contributed by atoms with Crippen molar-refractivity contribution in [1.82, 2.24) is 5.32 Å². The fraction of sp³-hybridized carbons (Fsp3) is 1.00. The lowest BCUT2D eigenvalue weighted by Crippen LogP contribution is -2.53. The second-order valence-electron chi connectivity index (χ2n) is 3.13. The zero-order valence-electron chi connectivity index (χ0n) is 6.59. The number of likely N-dealkylation sites (N-methyl/N-ethyl adjacent to an activating group) is 1. The van der Waals surface area contributed by atoms with Crippen LogP contribution in [-0.2, 0) is 0 Å². The van der Waals surface area contributed by atoms with Gasteiger partial charge in [-0.2, -0.15) is 0 Å². The quantitative estimate of drug-likeness (QED) is 0.546. The first-order valence-electron chi connectivity index (χ1n) is 3.23. The van der Waals surface area contributed by atoms with Crippen molar-refractivity contribution in [2.75, 3.05) is 40.3 Å². The van der Waals surface area contributed by atoms with Gasteiger partial charge in [0.2, 0.25) is 0 Å². The molecule has 0 saturated carbocycles. The minimum Gasteiger partial charge on any atom is -0.326 e. The number of rotatable bonds is 0. The number of hydrogen-bond acceptors (Lipinski definition) is 1. The van der Waals surface area contributed by atoms with Crippen LogP contribution < -0.4 is 5.32 Å². The molecule has 0 spiro atoms. The van der Waals surface area contributed by atoms with Crippen molar-refractivity contribution in [2.24, 2.45) is 0 Å². The van der Waals surface area contributed by atoms with Crippen LogP contribution in [0.4, 0.5) is 0 Å². The van der Waals surface area contributed by atoms with Crippen molar-refractivity contribution in [3.63, 3.8) is 0 Å². The Labute approximate surface area is 75.4 Å². The molecule has 0 aromatic heterocycles. The first-order valence-corrected chi connectivity index (χ1v) is 3.23. The minimum atomic E-state index is 0. The normalized spacial score (nSPS) is 22.2. The van der Waals surface area contributed by atoms with Crippen LogP contribution in [-0.4, -0.2) is 44.8 Å². The van der Waals surface area contributed by atoms with Gasteiger partial charge in [-0.1, -0.05) is 0 Å². The largest absolute Gasteiger partial charge is 0.326 e. The Morgan fingerprint density at radius 2 is 1.40 bits per heavy atom. The Balaban J connectivity index is 0. The highest BCUT2D eigenvalue weighted by Crippen LogP contribution is 1.96. The third kappa shape index (κ3) is 4.34. The fourth-order valence-electron chi connectivity index (χ4n) is 1.00. The molecular formula is C6H17Cl2N2+. The molecule has 0 aromatic carbocycles. The van der Waals surface area contributed by atoms with Gasteiger partial charge in [-0.25, -0.2) is 0 Å². The standard InChI is InChI=1S/C6H15N2.2ClH/c1-8(2)5-3-7-4-6-8;;/h7H,3-6H2,1-2H3;2*1H/q+1;;. The van der Waals surface area contributed by atoms with Gasteiger partial charge in [0.15, 0.2) is 0 Å². The topological polar surface area (TPSA) is 12.0 Å². The molecule has 1 aliphatic heterocycles. The van der Waals surface area contributed by atoms with E-state index in [1.165, 1.54) is 30.7 Å². The van der Waals surface area contributed by atoms with Crippen molar-refractivity contribution >= 4 is 24.8 Å². The van der Waals surface area contributed by atoms with Crippen LogP contribution >= 0.6 is 24.8 Å². The fourth-order valence-corrected chi connectivity index (χ4v) is 1.00. The zero-order chi connectivity index (χ0) is 6.04. The summed E-state index contributed by atoms with van der Waals surface area (Å²) in [6.45, 7) is 4.93. The summed E-state index contributed by atoms with van der Waals surface area (Å²) in [4.78, 5) is 0. The number of nitrogens with one attached hydrogen (secondary N) is 1. The second kappa shape index (κ2) is 5.19. The van der Waals surface area contributed by atoms with E-state index in [0.29, 0.717) is 0 Å². The predicted octanol–water partition coefficient (Wildman–Crippen LogP) is 0.510. The minimum absolute atomic E-state index is 0. The molecule has 1 fully saturated rings. The Morgan fingerprint density at radius 3 is 1.60 bits per heavy atom. The summed E-state index contributed by atoms with van der Waals surface area (Å²) in [6.07, 6.45) is 0. The van der Waals surface area contributed by atoms with Gasteiger partial charge in [-0.05, 0) is 0 Å². The molecule has 0 bridgehead atoms. The summed E-state index contributed by atoms with van der Waals surface area (Å²) >= 11 is 0. The number of quaternary nitrogens is 1. The van der Waals surface area contributed by atoms with Gasteiger partial charge in [0.05, 0.1) is 27.2 Å². The Kier molecular flexibility index (Phi) is 6.81. The van der Waals surface area contributed by atoms with Gasteiger partial charge in [-0.3, -0.25) is 0 Å². The molecule has 1 saturated heterocycles. The Hall–Kier alpha value is 0.500. The summed E-state index contributed by atoms with van der Waals surface area (Å²) in [7, 11) is 4.56. The molecule has 64 valence electrons. The van der Waals surface area contributed by atoms with Crippen LogP contribution in [0, 0.1) is 0 Å². The summed E-state index contributed by atoms with van der Waals surface area (Å²) in [5, 5.41) is 3.32. The van der Waals surface area contributed by atoms with Crippen LogP contribution in [0.2, 0.25) is 0 Å². The Morgan fingerprint density at radius 1 is 1.00 bits per heavy atom. The van der Waals surface area contributed by atoms with E-state index < -0.39 is 0 Å². The number of nitrogens with zero attached hydrogens (tertiary/aromatic N) is 1. The third-order valence-corrected chi connectivity index (χ3v) is 1.79. The molecule has 1 heterocycles. The molecule has 1 rings (SSSR count). The lowest BCUT2D eigenvalue weighted by molar-refractivity contribution is -0.891. The molecule has 0 amide bonds. The number of piperazine rings is 1. The van der Waals surface area contributed by atoms with Gasteiger partial charge in [0.1, 0.15) is 0 Å². The van der Waals surface area contributed by atoms with Gasteiger partial charge >= 0.3 is 0 Å². The summed E-state index contributed by atoms with van der Waals surface area (Å²) < 4.78 is 1.19. The third-order valence-electron chi connectivity index (χ3n) is 1.79. The van der Waals surface area contributed by atoms with E-state index in [1.54, 1.807) is 0 Å². The van der Waals surface area contributed by atoms with Crippen molar-refractivity contribution in [3.05, 3.63) is 0 Å². The first kappa shape index (κ1) is 13.1. The van der Waals surface area contributed by atoms with Crippen LogP contribution in [0.3, 0.4) is 0 Å². The molecule has 1 N–H and O–H groups in total. The lowest BCUT2D eigenvalue weighted by atomic mass is 10.3. The van der Waals surface area contributed by atoms with Gasteiger partial charge in [0, 0.05) is 13.1 Å². The Bertz CT molecular complexity index is 77.8. The van der Waals surface area contributed by atoms with E-state index in [1.807, 2.05) is 0 Å². The van der Waals surface area contributed by atoms with E-state index in [9.17, 15) is 0 Å².